The molecule has 0 saturated heterocycles. The Labute approximate surface area is 90.4 Å². The van der Waals surface area contributed by atoms with Gasteiger partial charge in [0.25, 0.3) is 0 Å². The predicted octanol–water partition coefficient (Wildman–Crippen LogP) is 1.87. The number of ether oxygens (including phenoxy) is 1. The average Bonchev–Trinajstić information content (AvgIpc) is 2.17. The van der Waals surface area contributed by atoms with Gasteiger partial charge in [0.1, 0.15) is 0 Å². The third-order valence-electron chi connectivity index (χ3n) is 1.65. The SMILES string of the molecule is COC(=O)c1ccc(C(N)I)cc1. The van der Waals surface area contributed by atoms with Crippen LogP contribution in [0.25, 0.3) is 0 Å². The van der Waals surface area contributed by atoms with Crippen molar-refractivity contribution < 1.29 is 9.53 Å². The zero-order chi connectivity index (χ0) is 9.84. The van der Waals surface area contributed by atoms with E-state index in [1.807, 2.05) is 12.1 Å². The molecule has 13 heavy (non-hydrogen) atoms. The standard InChI is InChI=1S/C9H10INO2/c1-13-9(12)7-4-2-6(3-5-7)8(10)11/h2-5,8H,11H2,1H3. The van der Waals surface area contributed by atoms with Crippen LogP contribution < -0.4 is 5.73 Å². The summed E-state index contributed by atoms with van der Waals surface area (Å²) in [6, 6.07) is 7.06. The van der Waals surface area contributed by atoms with Crippen molar-refractivity contribution in [3.63, 3.8) is 0 Å². The molecule has 0 radical (unpaired) electrons. The van der Waals surface area contributed by atoms with Crippen LogP contribution in [-0.2, 0) is 4.74 Å². The molecule has 2 N–H and O–H groups in total. The first kappa shape index (κ1) is 10.5. The van der Waals surface area contributed by atoms with E-state index in [2.05, 4.69) is 27.3 Å². The maximum Gasteiger partial charge on any atom is 0.337 e. The Morgan fingerprint density at radius 3 is 2.38 bits per heavy atom. The van der Waals surface area contributed by atoms with Gasteiger partial charge in [0.2, 0.25) is 0 Å². The van der Waals surface area contributed by atoms with Crippen LogP contribution in [0.4, 0.5) is 0 Å². The lowest BCUT2D eigenvalue weighted by molar-refractivity contribution is 0.0600. The van der Waals surface area contributed by atoms with Gasteiger partial charge in [-0.15, -0.1) is 0 Å². The van der Waals surface area contributed by atoms with Gasteiger partial charge in [-0.05, 0) is 17.7 Å². The third-order valence-corrected chi connectivity index (χ3v) is 2.37. The minimum atomic E-state index is -0.325. The molecule has 4 heteroatoms. The average molecular weight is 291 g/mol. The fourth-order valence-corrected chi connectivity index (χ4v) is 1.34. The quantitative estimate of drug-likeness (QED) is 0.392. The fourth-order valence-electron chi connectivity index (χ4n) is 0.921. The Morgan fingerprint density at radius 2 is 2.00 bits per heavy atom. The van der Waals surface area contributed by atoms with Gasteiger partial charge in [-0.2, -0.15) is 0 Å². The van der Waals surface area contributed by atoms with Crippen LogP contribution in [0.15, 0.2) is 24.3 Å². The Bertz CT molecular complexity index is 295. The molecule has 0 heterocycles. The van der Waals surface area contributed by atoms with E-state index in [0.29, 0.717) is 5.56 Å². The highest BCUT2D eigenvalue weighted by atomic mass is 127. The van der Waals surface area contributed by atoms with Gasteiger partial charge in [-0.25, -0.2) is 4.79 Å². The number of hydrogen-bond donors (Lipinski definition) is 1. The summed E-state index contributed by atoms with van der Waals surface area (Å²) in [7, 11) is 1.36. The van der Waals surface area contributed by atoms with Crippen molar-refractivity contribution in [2.24, 2.45) is 5.73 Å². The molecule has 1 rings (SSSR count). The largest absolute Gasteiger partial charge is 0.465 e. The molecule has 0 aliphatic rings. The summed E-state index contributed by atoms with van der Waals surface area (Å²) in [6.45, 7) is 0. The maximum absolute atomic E-state index is 11.0. The Kier molecular flexibility index (Phi) is 3.68. The molecule has 0 spiro atoms. The van der Waals surface area contributed by atoms with E-state index < -0.39 is 0 Å². The molecule has 0 aliphatic carbocycles. The molecule has 1 aromatic carbocycles. The summed E-state index contributed by atoms with van der Waals surface area (Å²) in [5, 5.41) is 0. The van der Waals surface area contributed by atoms with Gasteiger partial charge < -0.3 is 10.5 Å². The van der Waals surface area contributed by atoms with Crippen LogP contribution in [0, 0.1) is 0 Å². The summed E-state index contributed by atoms with van der Waals surface area (Å²) >= 11 is 2.11. The van der Waals surface area contributed by atoms with Crippen molar-refractivity contribution >= 4 is 28.6 Å². The first-order valence-corrected chi connectivity index (χ1v) is 4.97. The number of benzene rings is 1. The first-order valence-electron chi connectivity index (χ1n) is 3.73. The van der Waals surface area contributed by atoms with E-state index in [1.54, 1.807) is 12.1 Å². The molecular formula is C9H10INO2. The molecular weight excluding hydrogens is 281 g/mol. The topological polar surface area (TPSA) is 52.3 Å². The minimum absolute atomic E-state index is 0.0377. The third kappa shape index (κ3) is 2.67. The second kappa shape index (κ2) is 4.57. The molecule has 0 aliphatic heterocycles. The van der Waals surface area contributed by atoms with E-state index >= 15 is 0 Å². The molecule has 0 bridgehead atoms. The number of methoxy groups -OCH3 is 1. The Morgan fingerprint density at radius 1 is 1.46 bits per heavy atom. The van der Waals surface area contributed by atoms with E-state index in [0.717, 1.165) is 5.56 Å². The predicted molar refractivity (Wildman–Crippen MR) is 58.7 cm³/mol. The maximum atomic E-state index is 11.0. The lowest BCUT2D eigenvalue weighted by atomic mass is 10.1. The fraction of sp³-hybridized carbons (Fsp3) is 0.222. The lowest BCUT2D eigenvalue weighted by Gasteiger charge is -2.04. The molecule has 1 aromatic rings. The van der Waals surface area contributed by atoms with Gasteiger partial charge in [0.15, 0.2) is 0 Å². The zero-order valence-electron chi connectivity index (χ0n) is 7.16. The number of carbonyl (C=O) groups excluding carboxylic acids is 1. The molecule has 0 fully saturated rings. The van der Waals surface area contributed by atoms with Gasteiger partial charge in [-0.1, -0.05) is 34.7 Å². The summed E-state index contributed by atoms with van der Waals surface area (Å²) in [4.78, 5) is 11.0. The summed E-state index contributed by atoms with van der Waals surface area (Å²) in [6.07, 6.45) is 0. The second-order valence-electron chi connectivity index (χ2n) is 2.52. The Hall–Kier alpha value is -0.620. The van der Waals surface area contributed by atoms with Crippen LogP contribution in [-0.4, -0.2) is 13.1 Å². The summed E-state index contributed by atoms with van der Waals surface area (Å²) in [5.74, 6) is -0.325. The molecule has 1 unspecified atom stereocenters. The van der Waals surface area contributed by atoms with E-state index in [1.165, 1.54) is 7.11 Å². The van der Waals surface area contributed by atoms with Crippen molar-refractivity contribution in [1.29, 1.82) is 0 Å². The lowest BCUT2D eigenvalue weighted by Crippen LogP contribution is -2.04. The molecule has 3 nitrogen and oxygen atoms in total. The van der Waals surface area contributed by atoms with E-state index in [9.17, 15) is 4.79 Å². The van der Waals surface area contributed by atoms with Crippen molar-refractivity contribution in [2.75, 3.05) is 7.11 Å². The van der Waals surface area contributed by atoms with Gasteiger partial charge in [0.05, 0.1) is 16.7 Å². The highest BCUT2D eigenvalue weighted by Crippen LogP contribution is 2.17. The van der Waals surface area contributed by atoms with Crippen LogP contribution in [0.2, 0.25) is 0 Å². The van der Waals surface area contributed by atoms with Crippen molar-refractivity contribution in [3.05, 3.63) is 35.4 Å². The first-order chi connectivity index (χ1) is 6.15. The number of carbonyl (C=O) groups is 1. The van der Waals surface area contributed by atoms with E-state index in [4.69, 9.17) is 5.73 Å². The van der Waals surface area contributed by atoms with Gasteiger partial charge in [0, 0.05) is 0 Å². The minimum Gasteiger partial charge on any atom is -0.465 e. The highest BCUT2D eigenvalue weighted by Gasteiger charge is 2.05. The number of hydrogen-bond acceptors (Lipinski definition) is 3. The van der Waals surface area contributed by atoms with Crippen molar-refractivity contribution in [3.8, 4) is 0 Å². The molecule has 1 atom stereocenters. The van der Waals surface area contributed by atoms with Gasteiger partial charge >= 0.3 is 5.97 Å². The molecule has 0 amide bonds. The number of nitrogens with two attached hydrogens (primary N) is 1. The summed E-state index contributed by atoms with van der Waals surface area (Å²) in [5.41, 5.74) is 7.18. The van der Waals surface area contributed by atoms with Gasteiger partial charge in [-0.3, -0.25) is 0 Å². The molecule has 0 aromatic heterocycles. The van der Waals surface area contributed by atoms with Crippen molar-refractivity contribution in [1.82, 2.24) is 0 Å². The second-order valence-corrected chi connectivity index (χ2v) is 3.86. The molecule has 0 saturated carbocycles. The molecule has 70 valence electrons. The monoisotopic (exact) mass is 291 g/mol. The smallest absolute Gasteiger partial charge is 0.337 e. The normalized spacial score (nSPS) is 12.2. The van der Waals surface area contributed by atoms with Crippen LogP contribution in [0.5, 0.6) is 0 Å². The zero-order valence-corrected chi connectivity index (χ0v) is 9.32. The number of halogens is 1. The van der Waals surface area contributed by atoms with Crippen LogP contribution in [0.3, 0.4) is 0 Å². The van der Waals surface area contributed by atoms with Crippen molar-refractivity contribution in [2.45, 2.75) is 4.05 Å². The van der Waals surface area contributed by atoms with Crippen LogP contribution >= 0.6 is 22.6 Å². The van der Waals surface area contributed by atoms with E-state index in [-0.39, 0.29) is 10.0 Å². The number of alkyl halides is 1. The Balaban J connectivity index is 2.87. The highest BCUT2D eigenvalue weighted by molar-refractivity contribution is 14.1. The van der Waals surface area contributed by atoms with Crippen LogP contribution in [0.1, 0.15) is 20.0 Å². The number of esters is 1. The summed E-state index contributed by atoms with van der Waals surface area (Å²) < 4.78 is 4.53. The number of rotatable bonds is 2.